The molecule has 0 saturated heterocycles. The van der Waals surface area contributed by atoms with Gasteiger partial charge in [0.05, 0.1) is 4.88 Å². The molecule has 0 bridgehead atoms. The van der Waals surface area contributed by atoms with Gasteiger partial charge in [0.1, 0.15) is 6.04 Å². The highest BCUT2D eigenvalue weighted by molar-refractivity contribution is 7.14. The van der Waals surface area contributed by atoms with Gasteiger partial charge in [-0.1, -0.05) is 12.8 Å². The summed E-state index contributed by atoms with van der Waals surface area (Å²) in [6.07, 6.45) is 6.01. The zero-order chi connectivity index (χ0) is 13.4. The van der Waals surface area contributed by atoms with E-state index in [1.54, 1.807) is 0 Å². The van der Waals surface area contributed by atoms with Crippen molar-refractivity contribution in [2.24, 2.45) is 5.92 Å². The molecule has 0 radical (unpaired) electrons. The van der Waals surface area contributed by atoms with Crippen molar-refractivity contribution in [1.82, 2.24) is 5.32 Å². The molecule has 2 aliphatic rings. The summed E-state index contributed by atoms with van der Waals surface area (Å²) < 4.78 is 0. The molecule has 2 N–H and O–H groups in total. The number of carboxylic acids is 1. The number of carboxylic acid groups (broad SMARTS) is 1. The SMILES string of the molecule is O=C(NC(CC1CC1)C(=O)O)c1cc2c(s1)CCC2. The van der Waals surface area contributed by atoms with Crippen molar-refractivity contribution in [2.45, 2.75) is 44.6 Å². The van der Waals surface area contributed by atoms with Gasteiger partial charge in [-0.25, -0.2) is 4.79 Å². The van der Waals surface area contributed by atoms with Crippen LogP contribution in [-0.2, 0) is 17.6 Å². The lowest BCUT2D eigenvalue weighted by Gasteiger charge is -2.13. The van der Waals surface area contributed by atoms with Crippen LogP contribution < -0.4 is 5.32 Å². The highest BCUT2D eigenvalue weighted by Crippen LogP contribution is 2.34. The van der Waals surface area contributed by atoms with Crippen LogP contribution in [-0.4, -0.2) is 23.0 Å². The number of nitrogens with one attached hydrogen (secondary N) is 1. The zero-order valence-corrected chi connectivity index (χ0v) is 11.5. The number of aliphatic carboxylic acids is 1. The lowest BCUT2D eigenvalue weighted by molar-refractivity contribution is -0.139. The summed E-state index contributed by atoms with van der Waals surface area (Å²) in [7, 11) is 0. The summed E-state index contributed by atoms with van der Waals surface area (Å²) >= 11 is 1.51. The van der Waals surface area contributed by atoms with E-state index >= 15 is 0 Å². The van der Waals surface area contributed by atoms with Gasteiger partial charge in [0.25, 0.3) is 5.91 Å². The van der Waals surface area contributed by atoms with Crippen LogP contribution in [0, 0.1) is 5.92 Å². The van der Waals surface area contributed by atoms with Crippen LogP contribution in [0.4, 0.5) is 0 Å². The van der Waals surface area contributed by atoms with Gasteiger partial charge in [-0.05, 0) is 43.2 Å². The van der Waals surface area contributed by atoms with Gasteiger partial charge in [0.15, 0.2) is 0 Å². The molecule has 1 aromatic rings. The van der Waals surface area contributed by atoms with E-state index in [4.69, 9.17) is 5.11 Å². The fraction of sp³-hybridized carbons (Fsp3) is 0.571. The van der Waals surface area contributed by atoms with Crippen LogP contribution in [0.1, 0.15) is 45.8 Å². The minimum atomic E-state index is -0.927. The van der Waals surface area contributed by atoms with Crippen molar-refractivity contribution in [1.29, 1.82) is 0 Å². The summed E-state index contributed by atoms with van der Waals surface area (Å²) in [6, 6.07) is 1.19. The molecule has 3 rings (SSSR count). The number of carbonyl (C=O) groups is 2. The normalized spacial score (nSPS) is 18.9. The summed E-state index contributed by atoms with van der Waals surface area (Å²) in [4.78, 5) is 25.2. The standard InChI is InChI=1S/C14H17NO3S/c16-13(12-7-9-2-1-3-11(9)19-12)15-10(14(17)18)6-8-4-5-8/h7-8,10H,1-6H2,(H,15,16)(H,17,18). The monoisotopic (exact) mass is 279 g/mol. The topological polar surface area (TPSA) is 66.4 Å². The molecule has 1 unspecified atom stereocenters. The molecule has 1 atom stereocenters. The van der Waals surface area contributed by atoms with Crippen molar-refractivity contribution in [3.63, 3.8) is 0 Å². The molecular weight excluding hydrogens is 262 g/mol. The van der Waals surface area contributed by atoms with Crippen LogP contribution in [0.15, 0.2) is 6.07 Å². The maximum Gasteiger partial charge on any atom is 0.326 e. The largest absolute Gasteiger partial charge is 0.480 e. The first-order valence-electron chi connectivity index (χ1n) is 6.78. The molecule has 4 nitrogen and oxygen atoms in total. The molecule has 0 aromatic carbocycles. The van der Waals surface area contributed by atoms with Gasteiger partial charge in [0, 0.05) is 4.88 Å². The van der Waals surface area contributed by atoms with Crippen LogP contribution in [0.25, 0.3) is 0 Å². The lowest BCUT2D eigenvalue weighted by atomic mass is 10.1. The number of fused-ring (bicyclic) bond motifs is 1. The van der Waals surface area contributed by atoms with Crippen molar-refractivity contribution >= 4 is 23.2 Å². The number of aryl methyl sites for hydroxylation is 2. The molecule has 1 heterocycles. The third-order valence-electron chi connectivity index (χ3n) is 3.84. The van der Waals surface area contributed by atoms with Crippen molar-refractivity contribution < 1.29 is 14.7 Å². The van der Waals surface area contributed by atoms with Gasteiger partial charge in [-0.15, -0.1) is 11.3 Å². The molecule has 2 aliphatic carbocycles. The summed E-state index contributed by atoms with van der Waals surface area (Å²) in [5, 5.41) is 11.8. The zero-order valence-electron chi connectivity index (χ0n) is 10.6. The Labute approximate surface area is 115 Å². The molecule has 102 valence electrons. The fourth-order valence-electron chi connectivity index (χ4n) is 2.58. The molecule has 0 spiro atoms. The average Bonchev–Trinajstić information content (AvgIpc) is 2.91. The van der Waals surface area contributed by atoms with Crippen LogP contribution in [0.5, 0.6) is 0 Å². The quantitative estimate of drug-likeness (QED) is 0.868. The Kier molecular flexibility index (Phi) is 3.31. The smallest absolute Gasteiger partial charge is 0.326 e. The number of hydrogen-bond donors (Lipinski definition) is 2. The summed E-state index contributed by atoms with van der Waals surface area (Å²) in [5.41, 5.74) is 1.27. The van der Waals surface area contributed by atoms with Crippen LogP contribution >= 0.6 is 11.3 Å². The molecule has 5 heteroatoms. The third-order valence-corrected chi connectivity index (χ3v) is 5.08. The maximum absolute atomic E-state index is 12.1. The highest BCUT2D eigenvalue weighted by atomic mass is 32.1. The van der Waals surface area contributed by atoms with E-state index in [1.165, 1.54) is 28.2 Å². The van der Waals surface area contributed by atoms with Gasteiger partial charge >= 0.3 is 5.97 Å². The molecule has 1 amide bonds. The van der Waals surface area contributed by atoms with E-state index in [9.17, 15) is 9.59 Å². The second kappa shape index (κ2) is 4.96. The van der Waals surface area contributed by atoms with Gasteiger partial charge in [-0.3, -0.25) is 4.79 Å². The van der Waals surface area contributed by atoms with E-state index in [0.29, 0.717) is 17.2 Å². The molecular formula is C14H17NO3S. The summed E-state index contributed by atoms with van der Waals surface area (Å²) in [6.45, 7) is 0. The van der Waals surface area contributed by atoms with Gasteiger partial charge in [-0.2, -0.15) is 0 Å². The Hall–Kier alpha value is -1.36. The van der Waals surface area contributed by atoms with Crippen LogP contribution in [0.3, 0.4) is 0 Å². The maximum atomic E-state index is 12.1. The number of rotatable bonds is 5. The first-order valence-corrected chi connectivity index (χ1v) is 7.60. The first kappa shape index (κ1) is 12.7. The lowest BCUT2D eigenvalue weighted by Crippen LogP contribution is -2.40. The molecule has 1 saturated carbocycles. The Morgan fingerprint density at radius 2 is 2.21 bits per heavy atom. The fourth-order valence-corrected chi connectivity index (χ4v) is 3.74. The van der Waals surface area contributed by atoms with Crippen LogP contribution in [0.2, 0.25) is 0 Å². The van der Waals surface area contributed by atoms with E-state index < -0.39 is 12.0 Å². The number of amides is 1. The predicted molar refractivity (Wildman–Crippen MR) is 72.6 cm³/mol. The third kappa shape index (κ3) is 2.81. The second-order valence-electron chi connectivity index (χ2n) is 5.46. The average molecular weight is 279 g/mol. The minimum absolute atomic E-state index is 0.229. The van der Waals surface area contributed by atoms with E-state index in [0.717, 1.165) is 25.7 Å². The Bertz CT molecular complexity index is 497. The predicted octanol–water partition coefficient (Wildman–Crippen LogP) is 2.22. The molecule has 19 heavy (non-hydrogen) atoms. The van der Waals surface area contributed by atoms with Crippen molar-refractivity contribution in [2.75, 3.05) is 0 Å². The highest BCUT2D eigenvalue weighted by Gasteiger charge is 2.31. The molecule has 1 fully saturated rings. The van der Waals surface area contributed by atoms with Gasteiger partial charge < -0.3 is 10.4 Å². The minimum Gasteiger partial charge on any atom is -0.480 e. The second-order valence-corrected chi connectivity index (χ2v) is 6.59. The van der Waals surface area contributed by atoms with Gasteiger partial charge in [0.2, 0.25) is 0 Å². The summed E-state index contributed by atoms with van der Waals surface area (Å²) in [5.74, 6) is -0.675. The first-order chi connectivity index (χ1) is 9.13. The van der Waals surface area contributed by atoms with E-state index in [1.807, 2.05) is 6.07 Å². The number of thiophene rings is 1. The van der Waals surface area contributed by atoms with Crippen molar-refractivity contribution in [3.05, 3.63) is 21.4 Å². The Morgan fingerprint density at radius 3 is 2.84 bits per heavy atom. The molecule has 0 aliphatic heterocycles. The van der Waals surface area contributed by atoms with E-state index in [2.05, 4.69) is 5.32 Å². The number of hydrogen-bond acceptors (Lipinski definition) is 3. The Balaban J connectivity index is 1.66. The van der Waals surface area contributed by atoms with Crippen molar-refractivity contribution in [3.8, 4) is 0 Å². The number of carbonyl (C=O) groups excluding carboxylic acids is 1. The Morgan fingerprint density at radius 1 is 1.42 bits per heavy atom. The van der Waals surface area contributed by atoms with E-state index in [-0.39, 0.29) is 5.91 Å². The molecule has 1 aromatic heterocycles.